The number of nitrogens with one attached hydrogen (secondary N) is 2. The van der Waals surface area contributed by atoms with E-state index in [1.165, 1.54) is 0 Å². The predicted molar refractivity (Wildman–Crippen MR) is 87.8 cm³/mol. The van der Waals surface area contributed by atoms with Gasteiger partial charge in [0.05, 0.1) is 5.25 Å². The molecule has 0 aliphatic heterocycles. The Kier molecular flexibility index (Phi) is 4.98. The third kappa shape index (κ3) is 4.06. The zero-order valence-electron chi connectivity index (χ0n) is 12.2. The molecule has 0 radical (unpaired) electrons. The SMILES string of the molecule is CNCC(C)S(=O)(=O)Nc1ccc(-c2ccccc2)cc1. The summed E-state index contributed by atoms with van der Waals surface area (Å²) in [4.78, 5) is 0. The monoisotopic (exact) mass is 304 g/mol. The highest BCUT2D eigenvalue weighted by molar-refractivity contribution is 7.93. The first kappa shape index (κ1) is 15.5. The Morgan fingerprint density at radius 2 is 1.52 bits per heavy atom. The molecule has 4 nitrogen and oxygen atoms in total. The minimum Gasteiger partial charge on any atom is -0.318 e. The van der Waals surface area contributed by atoms with Gasteiger partial charge < -0.3 is 5.32 Å². The fourth-order valence-corrected chi connectivity index (χ4v) is 3.08. The molecule has 1 unspecified atom stereocenters. The normalized spacial score (nSPS) is 12.9. The molecule has 5 heteroatoms. The zero-order valence-corrected chi connectivity index (χ0v) is 13.0. The van der Waals surface area contributed by atoms with E-state index in [0.29, 0.717) is 12.2 Å². The molecule has 0 saturated heterocycles. The number of hydrogen-bond acceptors (Lipinski definition) is 3. The Bertz CT molecular complexity index is 667. The molecule has 0 aliphatic rings. The average Bonchev–Trinajstić information content (AvgIpc) is 2.49. The lowest BCUT2D eigenvalue weighted by Gasteiger charge is -2.14. The van der Waals surface area contributed by atoms with Crippen LogP contribution in [0.15, 0.2) is 54.6 Å². The van der Waals surface area contributed by atoms with Crippen LogP contribution < -0.4 is 10.0 Å². The molecule has 2 rings (SSSR count). The topological polar surface area (TPSA) is 58.2 Å². The Hall–Kier alpha value is -1.85. The first-order chi connectivity index (χ1) is 10.0. The van der Waals surface area contributed by atoms with Crippen molar-refractivity contribution in [3.05, 3.63) is 54.6 Å². The fourth-order valence-electron chi connectivity index (χ4n) is 2.02. The summed E-state index contributed by atoms with van der Waals surface area (Å²) in [7, 11) is -1.63. The summed E-state index contributed by atoms with van der Waals surface area (Å²) in [6, 6.07) is 17.4. The van der Waals surface area contributed by atoms with Gasteiger partial charge in [0.2, 0.25) is 10.0 Å². The van der Waals surface area contributed by atoms with Crippen LogP contribution in [0.3, 0.4) is 0 Å². The molecule has 21 heavy (non-hydrogen) atoms. The van der Waals surface area contributed by atoms with Crippen molar-refractivity contribution < 1.29 is 8.42 Å². The zero-order chi connectivity index (χ0) is 15.3. The Morgan fingerprint density at radius 1 is 0.952 bits per heavy atom. The van der Waals surface area contributed by atoms with Gasteiger partial charge in [0.1, 0.15) is 0 Å². The Labute approximate surface area is 126 Å². The molecule has 0 heterocycles. The molecule has 1 atom stereocenters. The Balaban J connectivity index is 2.13. The largest absolute Gasteiger partial charge is 0.318 e. The summed E-state index contributed by atoms with van der Waals surface area (Å²) in [5.41, 5.74) is 2.75. The molecular weight excluding hydrogens is 284 g/mol. The molecular formula is C16H20N2O2S. The van der Waals surface area contributed by atoms with E-state index in [4.69, 9.17) is 0 Å². The van der Waals surface area contributed by atoms with Gasteiger partial charge in [-0.25, -0.2) is 8.42 Å². The number of sulfonamides is 1. The number of rotatable bonds is 6. The predicted octanol–water partition coefficient (Wildman–Crippen LogP) is 2.70. The molecule has 0 fully saturated rings. The van der Waals surface area contributed by atoms with Crippen LogP contribution in [0.2, 0.25) is 0 Å². The van der Waals surface area contributed by atoms with Crippen LogP contribution in [0, 0.1) is 0 Å². The average molecular weight is 304 g/mol. The van der Waals surface area contributed by atoms with E-state index in [-0.39, 0.29) is 0 Å². The lowest BCUT2D eigenvalue weighted by Crippen LogP contribution is -2.33. The minimum atomic E-state index is -3.37. The quantitative estimate of drug-likeness (QED) is 0.862. The van der Waals surface area contributed by atoms with Gasteiger partial charge in [0.25, 0.3) is 0 Å². The van der Waals surface area contributed by atoms with E-state index in [2.05, 4.69) is 10.0 Å². The second-order valence-corrected chi connectivity index (χ2v) is 7.06. The van der Waals surface area contributed by atoms with Crippen LogP contribution in [0.25, 0.3) is 11.1 Å². The molecule has 2 aromatic carbocycles. The summed E-state index contributed by atoms with van der Waals surface area (Å²) < 4.78 is 26.8. The van der Waals surface area contributed by atoms with Crippen molar-refractivity contribution in [2.45, 2.75) is 12.2 Å². The van der Waals surface area contributed by atoms with Gasteiger partial charge in [0, 0.05) is 12.2 Å². The lowest BCUT2D eigenvalue weighted by molar-refractivity contribution is 0.584. The molecule has 0 aliphatic carbocycles. The number of benzene rings is 2. The summed E-state index contributed by atoms with van der Waals surface area (Å²) in [6.07, 6.45) is 0. The van der Waals surface area contributed by atoms with E-state index < -0.39 is 15.3 Å². The summed E-state index contributed by atoms with van der Waals surface area (Å²) >= 11 is 0. The van der Waals surface area contributed by atoms with E-state index >= 15 is 0 Å². The summed E-state index contributed by atoms with van der Waals surface area (Å²) in [5.74, 6) is 0. The van der Waals surface area contributed by atoms with Crippen molar-refractivity contribution >= 4 is 15.7 Å². The van der Waals surface area contributed by atoms with E-state index in [1.54, 1.807) is 26.1 Å². The van der Waals surface area contributed by atoms with Crippen molar-refractivity contribution in [3.8, 4) is 11.1 Å². The highest BCUT2D eigenvalue weighted by Crippen LogP contribution is 2.21. The smallest absolute Gasteiger partial charge is 0.236 e. The van der Waals surface area contributed by atoms with E-state index in [9.17, 15) is 8.42 Å². The maximum atomic E-state index is 12.1. The van der Waals surface area contributed by atoms with Crippen molar-refractivity contribution in [2.24, 2.45) is 0 Å². The minimum absolute atomic E-state index is 0.414. The molecule has 2 N–H and O–H groups in total. The van der Waals surface area contributed by atoms with Crippen molar-refractivity contribution in [1.29, 1.82) is 0 Å². The lowest BCUT2D eigenvalue weighted by atomic mass is 10.1. The third-order valence-electron chi connectivity index (χ3n) is 3.27. The van der Waals surface area contributed by atoms with Gasteiger partial charge in [-0.3, -0.25) is 4.72 Å². The second-order valence-electron chi connectivity index (χ2n) is 4.96. The summed E-state index contributed by atoms with van der Waals surface area (Å²) in [6.45, 7) is 2.09. The maximum Gasteiger partial charge on any atom is 0.236 e. The summed E-state index contributed by atoms with van der Waals surface area (Å²) in [5, 5.41) is 2.38. The van der Waals surface area contributed by atoms with Crippen molar-refractivity contribution in [3.63, 3.8) is 0 Å². The van der Waals surface area contributed by atoms with Gasteiger partial charge in [-0.05, 0) is 37.2 Å². The fraction of sp³-hybridized carbons (Fsp3) is 0.250. The highest BCUT2D eigenvalue weighted by atomic mass is 32.2. The van der Waals surface area contributed by atoms with Crippen LogP contribution in [0.4, 0.5) is 5.69 Å². The molecule has 0 aromatic heterocycles. The molecule has 112 valence electrons. The second kappa shape index (κ2) is 6.74. The number of hydrogen-bond donors (Lipinski definition) is 2. The van der Waals surface area contributed by atoms with Crippen molar-refractivity contribution in [2.75, 3.05) is 18.3 Å². The van der Waals surface area contributed by atoms with Crippen LogP contribution in [-0.4, -0.2) is 27.3 Å². The molecule has 0 amide bonds. The first-order valence-corrected chi connectivity index (χ1v) is 8.39. The van der Waals surface area contributed by atoms with Gasteiger partial charge in [-0.1, -0.05) is 42.5 Å². The van der Waals surface area contributed by atoms with Gasteiger partial charge in [-0.2, -0.15) is 0 Å². The van der Waals surface area contributed by atoms with Gasteiger partial charge in [0.15, 0.2) is 0 Å². The number of anilines is 1. The van der Waals surface area contributed by atoms with Crippen molar-refractivity contribution in [1.82, 2.24) is 5.32 Å². The standard InChI is InChI=1S/C16H20N2O2S/c1-13(12-17-2)21(19,20)18-16-10-8-15(9-11-16)14-6-4-3-5-7-14/h3-11,13,17-18H,12H2,1-2H3. The molecule has 0 saturated carbocycles. The highest BCUT2D eigenvalue weighted by Gasteiger charge is 2.19. The van der Waals surface area contributed by atoms with Crippen LogP contribution in [-0.2, 0) is 10.0 Å². The third-order valence-corrected chi connectivity index (χ3v) is 5.02. The first-order valence-electron chi connectivity index (χ1n) is 6.84. The molecule has 0 spiro atoms. The molecule has 2 aromatic rings. The van der Waals surface area contributed by atoms with Crippen LogP contribution in [0.1, 0.15) is 6.92 Å². The molecule has 0 bridgehead atoms. The van der Waals surface area contributed by atoms with Gasteiger partial charge in [-0.15, -0.1) is 0 Å². The van der Waals surface area contributed by atoms with Crippen LogP contribution in [0.5, 0.6) is 0 Å². The maximum absolute atomic E-state index is 12.1. The van der Waals surface area contributed by atoms with Gasteiger partial charge >= 0.3 is 0 Å². The van der Waals surface area contributed by atoms with Crippen LogP contribution >= 0.6 is 0 Å². The van der Waals surface area contributed by atoms with E-state index in [0.717, 1.165) is 11.1 Å². The van der Waals surface area contributed by atoms with E-state index in [1.807, 2.05) is 42.5 Å². The Morgan fingerprint density at radius 3 is 2.10 bits per heavy atom.